The lowest BCUT2D eigenvalue weighted by Gasteiger charge is -2.35. The molecule has 0 spiro atoms. The van der Waals surface area contributed by atoms with Crippen LogP contribution in [-0.2, 0) is 4.79 Å². The van der Waals surface area contributed by atoms with E-state index in [2.05, 4.69) is 37.7 Å². The van der Waals surface area contributed by atoms with E-state index < -0.39 is 0 Å². The summed E-state index contributed by atoms with van der Waals surface area (Å²) in [5.74, 6) is 0.468. The lowest BCUT2D eigenvalue weighted by atomic mass is 10.0. The summed E-state index contributed by atoms with van der Waals surface area (Å²) in [6.45, 7) is 6.41. The molecule has 0 heterocycles. The largest absolute Gasteiger partial charge is 0.308 e. The number of hydrogen-bond acceptors (Lipinski definition) is 3. The molecule has 100 valence electrons. The number of carbonyl (C=O) groups is 1. The van der Waals surface area contributed by atoms with Crippen molar-refractivity contribution in [3.8, 4) is 0 Å². The highest BCUT2D eigenvalue weighted by Crippen LogP contribution is 2.21. The average molecular weight is 240 g/mol. The van der Waals surface area contributed by atoms with Crippen molar-refractivity contribution in [3.05, 3.63) is 0 Å². The summed E-state index contributed by atoms with van der Waals surface area (Å²) in [6, 6.07) is 0.638. The number of likely N-dealkylation sites (N-methyl/N-ethyl adjacent to an activating group) is 2. The van der Waals surface area contributed by atoms with Crippen molar-refractivity contribution in [3.63, 3.8) is 0 Å². The van der Waals surface area contributed by atoms with E-state index in [1.165, 1.54) is 12.8 Å². The average Bonchev–Trinajstić information content (AvgIpc) is 2.44. The van der Waals surface area contributed by atoms with Crippen molar-refractivity contribution in [2.75, 3.05) is 27.2 Å². The van der Waals surface area contributed by atoms with Gasteiger partial charge in [-0.3, -0.25) is 9.69 Å². The summed E-state index contributed by atoms with van der Waals surface area (Å²) < 4.78 is 0. The summed E-state index contributed by atoms with van der Waals surface area (Å²) in [7, 11) is 4.19. The van der Waals surface area contributed by atoms with Crippen molar-refractivity contribution >= 4 is 5.78 Å². The van der Waals surface area contributed by atoms with Crippen molar-refractivity contribution in [1.82, 2.24) is 9.80 Å². The molecule has 1 aliphatic carbocycles. The predicted molar refractivity (Wildman–Crippen MR) is 72.3 cm³/mol. The normalized spacial score (nSPS) is 24.1. The lowest BCUT2D eigenvalue weighted by molar-refractivity contribution is -0.125. The molecule has 3 heteroatoms. The van der Waals surface area contributed by atoms with E-state index in [4.69, 9.17) is 0 Å². The maximum absolute atomic E-state index is 12.1. The van der Waals surface area contributed by atoms with Gasteiger partial charge >= 0.3 is 0 Å². The Morgan fingerprint density at radius 3 is 2.59 bits per heavy atom. The molecule has 2 unspecified atom stereocenters. The Morgan fingerprint density at radius 2 is 2.00 bits per heavy atom. The summed E-state index contributed by atoms with van der Waals surface area (Å²) in [5.41, 5.74) is 0. The third-order valence-electron chi connectivity index (χ3n) is 3.73. The maximum atomic E-state index is 12.1. The van der Waals surface area contributed by atoms with Crippen LogP contribution < -0.4 is 0 Å². The highest BCUT2D eigenvalue weighted by Gasteiger charge is 2.29. The minimum atomic E-state index is 0.178. The minimum Gasteiger partial charge on any atom is -0.308 e. The van der Waals surface area contributed by atoms with Crippen molar-refractivity contribution in [1.29, 1.82) is 0 Å². The topological polar surface area (TPSA) is 23.6 Å². The monoisotopic (exact) mass is 240 g/mol. The molecule has 0 radical (unpaired) electrons. The van der Waals surface area contributed by atoms with E-state index in [-0.39, 0.29) is 6.04 Å². The van der Waals surface area contributed by atoms with Gasteiger partial charge in [0.05, 0.1) is 6.04 Å². The predicted octanol–water partition coefficient (Wildman–Crippen LogP) is 2.16. The Kier molecular flexibility index (Phi) is 6.14. The van der Waals surface area contributed by atoms with Crippen LogP contribution >= 0.6 is 0 Å². The lowest BCUT2D eigenvalue weighted by Crippen LogP contribution is -2.49. The quantitative estimate of drug-likeness (QED) is 0.688. The number of nitrogens with zero attached hydrogens (tertiary/aromatic N) is 2. The third kappa shape index (κ3) is 4.40. The van der Waals surface area contributed by atoms with Crippen LogP contribution in [-0.4, -0.2) is 54.9 Å². The van der Waals surface area contributed by atoms with Crippen LogP contribution in [0.1, 0.15) is 46.0 Å². The van der Waals surface area contributed by atoms with Gasteiger partial charge in [-0.2, -0.15) is 0 Å². The Bertz CT molecular complexity index is 240. The van der Waals surface area contributed by atoms with Crippen molar-refractivity contribution in [2.24, 2.45) is 0 Å². The number of Topliss-reactive ketones (excluding diaryl/α,β-unsaturated/α-hetero) is 1. The highest BCUT2D eigenvalue weighted by atomic mass is 16.1. The van der Waals surface area contributed by atoms with Crippen LogP contribution in [0.3, 0.4) is 0 Å². The van der Waals surface area contributed by atoms with Gasteiger partial charge < -0.3 is 4.90 Å². The zero-order valence-corrected chi connectivity index (χ0v) is 11.9. The fourth-order valence-electron chi connectivity index (χ4n) is 2.96. The van der Waals surface area contributed by atoms with Gasteiger partial charge in [0.25, 0.3) is 0 Å². The third-order valence-corrected chi connectivity index (χ3v) is 3.73. The van der Waals surface area contributed by atoms with Gasteiger partial charge in [-0.1, -0.05) is 19.8 Å². The van der Waals surface area contributed by atoms with E-state index in [0.29, 0.717) is 11.8 Å². The van der Waals surface area contributed by atoms with Crippen LogP contribution in [0, 0.1) is 0 Å². The van der Waals surface area contributed by atoms with E-state index in [1.54, 1.807) is 0 Å². The summed E-state index contributed by atoms with van der Waals surface area (Å²) >= 11 is 0. The first-order chi connectivity index (χ1) is 8.06. The van der Waals surface area contributed by atoms with E-state index in [0.717, 1.165) is 32.4 Å². The van der Waals surface area contributed by atoms with Crippen LogP contribution in [0.4, 0.5) is 0 Å². The molecule has 1 saturated carbocycles. The Labute approximate surface area is 106 Å². The molecule has 0 aromatic carbocycles. The van der Waals surface area contributed by atoms with Crippen LogP contribution in [0.2, 0.25) is 0 Å². The standard InChI is InChI=1S/C14H28N2O/c1-5-16(12(2)11-15(3)4)13-9-7-6-8-10-14(13)17/h12-13H,5-11H2,1-4H3. The Hall–Kier alpha value is -0.410. The first-order valence-electron chi connectivity index (χ1n) is 6.99. The van der Waals surface area contributed by atoms with Crippen LogP contribution in [0.15, 0.2) is 0 Å². The maximum Gasteiger partial charge on any atom is 0.149 e. The molecular weight excluding hydrogens is 212 g/mol. The number of rotatable bonds is 5. The molecule has 3 nitrogen and oxygen atoms in total. The first-order valence-corrected chi connectivity index (χ1v) is 6.99. The van der Waals surface area contributed by atoms with Gasteiger partial charge in [-0.25, -0.2) is 0 Å². The summed E-state index contributed by atoms with van der Waals surface area (Å²) in [5, 5.41) is 0. The molecule has 0 aromatic rings. The molecule has 1 fully saturated rings. The number of hydrogen-bond donors (Lipinski definition) is 0. The summed E-state index contributed by atoms with van der Waals surface area (Å²) in [4.78, 5) is 16.7. The Balaban J connectivity index is 2.66. The zero-order valence-electron chi connectivity index (χ0n) is 11.9. The van der Waals surface area contributed by atoms with Gasteiger partial charge in [0.2, 0.25) is 0 Å². The second kappa shape index (κ2) is 7.12. The molecule has 0 saturated heterocycles. The van der Waals surface area contributed by atoms with Crippen molar-refractivity contribution in [2.45, 2.75) is 58.0 Å². The molecule has 0 amide bonds. The molecule has 0 aliphatic heterocycles. The van der Waals surface area contributed by atoms with E-state index >= 15 is 0 Å². The molecule has 1 rings (SSSR count). The number of carbonyl (C=O) groups excluding carboxylic acids is 1. The van der Waals surface area contributed by atoms with Gasteiger partial charge in [0.1, 0.15) is 5.78 Å². The first kappa shape index (κ1) is 14.7. The van der Waals surface area contributed by atoms with Gasteiger partial charge in [-0.15, -0.1) is 0 Å². The zero-order chi connectivity index (χ0) is 12.8. The van der Waals surface area contributed by atoms with Crippen LogP contribution in [0.25, 0.3) is 0 Å². The Morgan fingerprint density at radius 1 is 1.29 bits per heavy atom. The van der Waals surface area contributed by atoms with Gasteiger partial charge in [0, 0.05) is 19.0 Å². The molecule has 0 aromatic heterocycles. The van der Waals surface area contributed by atoms with Crippen molar-refractivity contribution < 1.29 is 4.79 Å². The molecule has 0 N–H and O–H groups in total. The molecule has 1 aliphatic rings. The van der Waals surface area contributed by atoms with E-state index in [9.17, 15) is 4.79 Å². The van der Waals surface area contributed by atoms with Crippen LogP contribution in [0.5, 0.6) is 0 Å². The van der Waals surface area contributed by atoms with Gasteiger partial charge in [-0.05, 0) is 40.4 Å². The minimum absolute atomic E-state index is 0.178. The molecule has 17 heavy (non-hydrogen) atoms. The highest BCUT2D eigenvalue weighted by molar-refractivity contribution is 5.84. The smallest absolute Gasteiger partial charge is 0.149 e. The fourth-order valence-corrected chi connectivity index (χ4v) is 2.96. The second-order valence-corrected chi connectivity index (χ2v) is 5.52. The summed E-state index contributed by atoms with van der Waals surface area (Å²) in [6.07, 6.45) is 5.37. The number of ketones is 1. The van der Waals surface area contributed by atoms with Gasteiger partial charge in [0.15, 0.2) is 0 Å². The second-order valence-electron chi connectivity index (χ2n) is 5.52. The van der Waals surface area contributed by atoms with E-state index in [1.807, 2.05) is 0 Å². The molecule has 2 atom stereocenters. The molecule has 0 bridgehead atoms. The molecular formula is C14H28N2O. The fraction of sp³-hybridized carbons (Fsp3) is 0.929. The SMILES string of the molecule is CCN(C(C)CN(C)C)C1CCCCCC1=O.